The van der Waals surface area contributed by atoms with Crippen LogP contribution in [0.3, 0.4) is 0 Å². The Balaban J connectivity index is 1.43. The number of piperazine rings is 1. The van der Waals surface area contributed by atoms with E-state index in [9.17, 15) is 13.6 Å². The number of aryl methyl sites for hydroxylation is 1. The molecule has 0 spiro atoms. The quantitative estimate of drug-likeness (QED) is 0.831. The lowest BCUT2D eigenvalue weighted by atomic mass is 9.96. The lowest BCUT2D eigenvalue weighted by Gasteiger charge is -2.36. The number of anilines is 1. The van der Waals surface area contributed by atoms with Crippen molar-refractivity contribution in [2.75, 3.05) is 31.1 Å². The minimum Gasteiger partial charge on any atom is -0.353 e. The molecule has 1 aromatic heterocycles. The van der Waals surface area contributed by atoms with E-state index in [0.717, 1.165) is 30.8 Å². The number of amides is 1. The number of hydrogen-bond donors (Lipinski definition) is 0. The van der Waals surface area contributed by atoms with Crippen molar-refractivity contribution < 1.29 is 13.6 Å². The van der Waals surface area contributed by atoms with Crippen molar-refractivity contribution in [3.63, 3.8) is 0 Å². The van der Waals surface area contributed by atoms with Gasteiger partial charge in [0.05, 0.1) is 0 Å². The molecule has 0 N–H and O–H groups in total. The van der Waals surface area contributed by atoms with Crippen molar-refractivity contribution in [2.24, 2.45) is 5.92 Å². The molecule has 7 heteroatoms. The standard InChI is InChI=1S/C16H20F2N4O/c17-16(18)9-12(16)15(23)22-7-5-21(6-8-22)14-11-3-1-2-4-13(11)19-10-20-14/h10,12H,1-9H2. The van der Waals surface area contributed by atoms with Gasteiger partial charge in [-0.3, -0.25) is 4.79 Å². The molecule has 1 aliphatic heterocycles. The smallest absolute Gasteiger partial charge is 0.260 e. The zero-order chi connectivity index (χ0) is 16.0. The Labute approximate surface area is 133 Å². The Morgan fingerprint density at radius 2 is 1.83 bits per heavy atom. The molecule has 1 saturated carbocycles. The second-order valence-corrected chi connectivity index (χ2v) is 6.66. The van der Waals surface area contributed by atoms with Crippen LogP contribution in [0.4, 0.5) is 14.6 Å². The summed E-state index contributed by atoms with van der Waals surface area (Å²) in [4.78, 5) is 24.6. The maximum atomic E-state index is 13.1. The Kier molecular flexibility index (Phi) is 3.46. The van der Waals surface area contributed by atoms with Crippen LogP contribution in [0.15, 0.2) is 6.33 Å². The predicted molar refractivity (Wildman–Crippen MR) is 80.5 cm³/mol. The predicted octanol–water partition coefficient (Wildman–Crippen LogP) is 1.66. The third-order valence-corrected chi connectivity index (χ3v) is 5.12. The van der Waals surface area contributed by atoms with Crippen molar-refractivity contribution in [3.05, 3.63) is 17.6 Å². The third kappa shape index (κ3) is 2.66. The molecule has 1 aromatic rings. The minimum atomic E-state index is -2.78. The molecule has 4 rings (SSSR count). The summed E-state index contributed by atoms with van der Waals surface area (Å²) in [5, 5.41) is 0. The summed E-state index contributed by atoms with van der Waals surface area (Å²) in [5.41, 5.74) is 2.37. The summed E-state index contributed by atoms with van der Waals surface area (Å²) in [6, 6.07) is 0. The van der Waals surface area contributed by atoms with Gasteiger partial charge in [-0.25, -0.2) is 18.7 Å². The van der Waals surface area contributed by atoms with E-state index in [1.165, 1.54) is 12.0 Å². The summed E-state index contributed by atoms with van der Waals surface area (Å²) in [6.45, 7) is 2.27. The zero-order valence-corrected chi connectivity index (χ0v) is 13.0. The molecule has 5 nitrogen and oxygen atoms in total. The summed E-state index contributed by atoms with van der Waals surface area (Å²) in [5.74, 6) is -3.28. The topological polar surface area (TPSA) is 49.3 Å². The van der Waals surface area contributed by atoms with Gasteiger partial charge in [0.1, 0.15) is 18.1 Å². The highest BCUT2D eigenvalue weighted by Crippen LogP contribution is 2.49. The number of carbonyl (C=O) groups excluding carboxylic acids is 1. The molecule has 23 heavy (non-hydrogen) atoms. The number of halogens is 2. The van der Waals surface area contributed by atoms with E-state index in [1.807, 2.05) is 0 Å². The summed E-state index contributed by atoms with van der Waals surface area (Å²) < 4.78 is 26.1. The number of rotatable bonds is 2. The molecule has 2 heterocycles. The average molecular weight is 322 g/mol. The first-order valence-electron chi connectivity index (χ1n) is 8.30. The van der Waals surface area contributed by atoms with Gasteiger partial charge < -0.3 is 9.80 Å². The maximum Gasteiger partial charge on any atom is 0.260 e. The van der Waals surface area contributed by atoms with Gasteiger partial charge in [-0.1, -0.05) is 0 Å². The summed E-state index contributed by atoms with van der Waals surface area (Å²) in [6.07, 6.45) is 5.65. The van der Waals surface area contributed by atoms with Crippen LogP contribution in [0.1, 0.15) is 30.5 Å². The number of hydrogen-bond acceptors (Lipinski definition) is 4. The first kappa shape index (κ1) is 14.8. The molecule has 1 amide bonds. The van der Waals surface area contributed by atoms with E-state index in [2.05, 4.69) is 14.9 Å². The van der Waals surface area contributed by atoms with Crippen molar-refractivity contribution in [3.8, 4) is 0 Å². The van der Waals surface area contributed by atoms with E-state index in [0.29, 0.717) is 26.2 Å². The molecule has 1 atom stereocenters. The van der Waals surface area contributed by atoms with E-state index in [4.69, 9.17) is 0 Å². The van der Waals surface area contributed by atoms with Gasteiger partial charge in [-0.2, -0.15) is 0 Å². The lowest BCUT2D eigenvalue weighted by molar-refractivity contribution is -0.135. The fraction of sp³-hybridized carbons (Fsp3) is 0.688. The van der Waals surface area contributed by atoms with Crippen LogP contribution in [-0.2, 0) is 17.6 Å². The van der Waals surface area contributed by atoms with Gasteiger partial charge in [0, 0.05) is 43.9 Å². The van der Waals surface area contributed by atoms with Crippen LogP contribution < -0.4 is 4.90 Å². The monoisotopic (exact) mass is 322 g/mol. The fourth-order valence-corrected chi connectivity index (χ4v) is 3.62. The Morgan fingerprint density at radius 3 is 2.52 bits per heavy atom. The number of aromatic nitrogens is 2. The second-order valence-electron chi connectivity index (χ2n) is 6.66. The molecule has 3 aliphatic rings. The highest BCUT2D eigenvalue weighted by atomic mass is 19.3. The van der Waals surface area contributed by atoms with Gasteiger partial charge in [0.2, 0.25) is 5.91 Å². The maximum absolute atomic E-state index is 13.1. The van der Waals surface area contributed by atoms with E-state index >= 15 is 0 Å². The van der Waals surface area contributed by atoms with Crippen LogP contribution in [0, 0.1) is 5.92 Å². The van der Waals surface area contributed by atoms with Crippen LogP contribution in [-0.4, -0.2) is 52.9 Å². The van der Waals surface area contributed by atoms with Crippen molar-refractivity contribution >= 4 is 11.7 Å². The third-order valence-electron chi connectivity index (χ3n) is 5.12. The van der Waals surface area contributed by atoms with Crippen LogP contribution in [0.2, 0.25) is 0 Å². The molecule has 0 bridgehead atoms. The van der Waals surface area contributed by atoms with Crippen molar-refractivity contribution in [1.82, 2.24) is 14.9 Å². The average Bonchev–Trinajstić information content (AvgIpc) is 3.22. The first-order chi connectivity index (χ1) is 11.1. The minimum absolute atomic E-state index is 0.286. The van der Waals surface area contributed by atoms with Crippen molar-refractivity contribution in [2.45, 2.75) is 38.0 Å². The number of nitrogens with zero attached hydrogens (tertiary/aromatic N) is 4. The highest BCUT2D eigenvalue weighted by molar-refractivity contribution is 5.83. The Hall–Kier alpha value is -1.79. The summed E-state index contributed by atoms with van der Waals surface area (Å²) >= 11 is 0. The number of alkyl halides is 2. The second kappa shape index (κ2) is 5.39. The summed E-state index contributed by atoms with van der Waals surface area (Å²) in [7, 11) is 0. The Morgan fingerprint density at radius 1 is 1.13 bits per heavy atom. The first-order valence-corrected chi connectivity index (χ1v) is 8.30. The van der Waals surface area contributed by atoms with Crippen LogP contribution >= 0.6 is 0 Å². The normalized spacial score (nSPS) is 25.9. The lowest BCUT2D eigenvalue weighted by Crippen LogP contribution is -2.50. The van der Waals surface area contributed by atoms with Gasteiger partial charge in [0.15, 0.2) is 0 Å². The zero-order valence-electron chi connectivity index (χ0n) is 13.0. The molecule has 2 fully saturated rings. The molecule has 0 aromatic carbocycles. The molecule has 124 valence electrons. The number of fused-ring (bicyclic) bond motifs is 1. The van der Waals surface area contributed by atoms with E-state index < -0.39 is 11.8 Å². The van der Waals surface area contributed by atoms with Crippen LogP contribution in [0.25, 0.3) is 0 Å². The van der Waals surface area contributed by atoms with Gasteiger partial charge in [-0.15, -0.1) is 0 Å². The molecule has 2 aliphatic carbocycles. The fourth-order valence-electron chi connectivity index (χ4n) is 3.62. The van der Waals surface area contributed by atoms with Gasteiger partial charge in [-0.05, 0) is 25.7 Å². The SMILES string of the molecule is O=C(C1CC1(F)F)N1CCN(c2ncnc3c2CCCC3)CC1. The molecular formula is C16H20F2N4O. The Bertz CT molecular complexity index is 629. The largest absolute Gasteiger partial charge is 0.353 e. The van der Waals surface area contributed by atoms with Crippen LogP contribution in [0.5, 0.6) is 0 Å². The highest BCUT2D eigenvalue weighted by Gasteiger charge is 2.62. The van der Waals surface area contributed by atoms with E-state index in [1.54, 1.807) is 11.2 Å². The molecule has 0 radical (unpaired) electrons. The number of carbonyl (C=O) groups is 1. The van der Waals surface area contributed by atoms with Gasteiger partial charge in [0.25, 0.3) is 5.92 Å². The molecule has 1 unspecified atom stereocenters. The molecular weight excluding hydrogens is 302 g/mol. The van der Waals surface area contributed by atoms with E-state index in [-0.39, 0.29) is 12.3 Å². The van der Waals surface area contributed by atoms with Crippen molar-refractivity contribution in [1.29, 1.82) is 0 Å². The van der Waals surface area contributed by atoms with Gasteiger partial charge >= 0.3 is 0 Å². The molecule has 1 saturated heterocycles.